The first-order valence-electron chi connectivity index (χ1n) is 5.99. The van der Waals surface area contributed by atoms with Gasteiger partial charge in [0.15, 0.2) is 0 Å². The zero-order valence-electron chi connectivity index (χ0n) is 11.0. The third-order valence-electron chi connectivity index (χ3n) is 2.89. The van der Waals surface area contributed by atoms with Crippen LogP contribution in [0, 0.1) is 0 Å². The van der Waals surface area contributed by atoms with E-state index in [0.717, 1.165) is 11.3 Å². The van der Waals surface area contributed by atoms with E-state index >= 15 is 0 Å². The SMILES string of the molecule is COC(=O)c1ccccc1N(C)Cc1ccncc1. The highest BCUT2D eigenvalue weighted by Crippen LogP contribution is 2.21. The van der Waals surface area contributed by atoms with Crippen LogP contribution in [0.25, 0.3) is 0 Å². The first-order chi connectivity index (χ1) is 9.22. The smallest absolute Gasteiger partial charge is 0.339 e. The summed E-state index contributed by atoms with van der Waals surface area (Å²) < 4.78 is 4.80. The molecule has 0 bridgehead atoms. The largest absolute Gasteiger partial charge is 0.465 e. The van der Waals surface area contributed by atoms with Crippen molar-refractivity contribution in [3.63, 3.8) is 0 Å². The fourth-order valence-electron chi connectivity index (χ4n) is 1.94. The molecule has 0 aliphatic rings. The van der Waals surface area contributed by atoms with Crippen molar-refractivity contribution in [2.24, 2.45) is 0 Å². The van der Waals surface area contributed by atoms with Crippen LogP contribution in [0.4, 0.5) is 5.69 Å². The Hall–Kier alpha value is -2.36. The summed E-state index contributed by atoms with van der Waals surface area (Å²) in [6.45, 7) is 0.705. The van der Waals surface area contributed by atoms with Crippen molar-refractivity contribution in [2.75, 3.05) is 19.1 Å². The molecule has 2 aromatic rings. The number of aromatic nitrogens is 1. The Balaban J connectivity index is 2.24. The number of pyridine rings is 1. The second kappa shape index (κ2) is 6.00. The number of carbonyl (C=O) groups excluding carboxylic acids is 1. The highest BCUT2D eigenvalue weighted by molar-refractivity contribution is 5.95. The number of nitrogens with zero attached hydrogens (tertiary/aromatic N) is 2. The number of ether oxygens (including phenoxy) is 1. The van der Waals surface area contributed by atoms with Crippen LogP contribution in [0.1, 0.15) is 15.9 Å². The maximum atomic E-state index is 11.7. The predicted octanol–water partition coefficient (Wildman–Crippen LogP) is 2.50. The summed E-state index contributed by atoms with van der Waals surface area (Å²) >= 11 is 0. The van der Waals surface area contributed by atoms with Gasteiger partial charge in [-0.2, -0.15) is 0 Å². The number of methoxy groups -OCH3 is 1. The van der Waals surface area contributed by atoms with Gasteiger partial charge in [-0.05, 0) is 29.8 Å². The molecular formula is C15H16N2O2. The van der Waals surface area contributed by atoms with Crippen molar-refractivity contribution in [3.05, 3.63) is 59.9 Å². The van der Waals surface area contributed by atoms with Crippen LogP contribution in [-0.4, -0.2) is 25.1 Å². The summed E-state index contributed by atoms with van der Waals surface area (Å²) in [5, 5.41) is 0. The Morgan fingerprint density at radius 1 is 1.21 bits per heavy atom. The molecule has 0 amide bonds. The molecule has 0 saturated heterocycles. The molecule has 4 nitrogen and oxygen atoms in total. The van der Waals surface area contributed by atoms with Crippen molar-refractivity contribution in [2.45, 2.75) is 6.54 Å². The minimum Gasteiger partial charge on any atom is -0.465 e. The standard InChI is InChI=1S/C15H16N2O2/c1-17(11-12-7-9-16-10-8-12)14-6-4-3-5-13(14)15(18)19-2/h3-10H,11H2,1-2H3. The minimum atomic E-state index is -0.322. The summed E-state index contributed by atoms with van der Waals surface area (Å²) in [5.41, 5.74) is 2.56. The van der Waals surface area contributed by atoms with Gasteiger partial charge < -0.3 is 9.64 Å². The van der Waals surface area contributed by atoms with Gasteiger partial charge in [-0.25, -0.2) is 4.79 Å². The van der Waals surface area contributed by atoms with Gasteiger partial charge in [0.05, 0.1) is 18.4 Å². The number of anilines is 1. The average Bonchev–Trinajstić information content (AvgIpc) is 2.47. The molecule has 0 aliphatic heterocycles. The van der Waals surface area contributed by atoms with E-state index in [4.69, 9.17) is 4.74 Å². The molecule has 1 aromatic heterocycles. The molecule has 0 spiro atoms. The molecule has 1 aromatic carbocycles. The summed E-state index contributed by atoms with van der Waals surface area (Å²) in [6, 6.07) is 11.3. The van der Waals surface area contributed by atoms with E-state index in [2.05, 4.69) is 4.98 Å². The summed E-state index contributed by atoms with van der Waals surface area (Å²) in [6.07, 6.45) is 3.52. The van der Waals surface area contributed by atoms with Crippen molar-refractivity contribution in [1.29, 1.82) is 0 Å². The molecule has 1 heterocycles. The maximum Gasteiger partial charge on any atom is 0.339 e. The summed E-state index contributed by atoms with van der Waals surface area (Å²) in [5.74, 6) is -0.322. The van der Waals surface area contributed by atoms with E-state index in [0.29, 0.717) is 12.1 Å². The number of para-hydroxylation sites is 1. The van der Waals surface area contributed by atoms with Gasteiger partial charge in [0, 0.05) is 26.0 Å². The molecule has 0 N–H and O–H groups in total. The number of benzene rings is 1. The lowest BCUT2D eigenvalue weighted by atomic mass is 10.1. The van der Waals surface area contributed by atoms with Gasteiger partial charge in [-0.1, -0.05) is 12.1 Å². The van der Waals surface area contributed by atoms with E-state index in [1.54, 1.807) is 18.5 Å². The Morgan fingerprint density at radius 3 is 2.58 bits per heavy atom. The molecule has 0 fully saturated rings. The Kier molecular flexibility index (Phi) is 4.13. The number of hydrogen-bond acceptors (Lipinski definition) is 4. The fourth-order valence-corrected chi connectivity index (χ4v) is 1.94. The highest BCUT2D eigenvalue weighted by atomic mass is 16.5. The molecule has 0 radical (unpaired) electrons. The topological polar surface area (TPSA) is 42.4 Å². The normalized spacial score (nSPS) is 10.0. The molecular weight excluding hydrogens is 240 g/mol. The molecule has 19 heavy (non-hydrogen) atoms. The van der Waals surface area contributed by atoms with E-state index in [1.165, 1.54) is 7.11 Å². The highest BCUT2D eigenvalue weighted by Gasteiger charge is 2.14. The molecule has 0 unspecified atom stereocenters. The van der Waals surface area contributed by atoms with Crippen LogP contribution in [-0.2, 0) is 11.3 Å². The van der Waals surface area contributed by atoms with Crippen molar-refractivity contribution in [1.82, 2.24) is 4.98 Å². The maximum absolute atomic E-state index is 11.7. The Bertz CT molecular complexity index is 555. The quantitative estimate of drug-likeness (QED) is 0.788. The number of carbonyl (C=O) groups is 1. The third-order valence-corrected chi connectivity index (χ3v) is 2.89. The monoisotopic (exact) mass is 256 g/mol. The van der Waals surface area contributed by atoms with E-state index in [1.807, 2.05) is 42.3 Å². The van der Waals surface area contributed by atoms with Crippen molar-refractivity contribution < 1.29 is 9.53 Å². The zero-order valence-corrected chi connectivity index (χ0v) is 11.0. The van der Waals surface area contributed by atoms with Gasteiger partial charge in [0.25, 0.3) is 0 Å². The van der Waals surface area contributed by atoms with E-state index < -0.39 is 0 Å². The first kappa shape index (κ1) is 13.1. The Labute approximate surface area is 112 Å². The molecule has 98 valence electrons. The lowest BCUT2D eigenvalue weighted by Gasteiger charge is -2.21. The number of rotatable bonds is 4. The van der Waals surface area contributed by atoms with Gasteiger partial charge in [0.2, 0.25) is 0 Å². The van der Waals surface area contributed by atoms with E-state index in [-0.39, 0.29) is 5.97 Å². The van der Waals surface area contributed by atoms with Crippen molar-refractivity contribution in [3.8, 4) is 0 Å². The summed E-state index contributed by atoms with van der Waals surface area (Å²) in [7, 11) is 3.34. The van der Waals surface area contributed by atoms with Gasteiger partial charge in [-0.3, -0.25) is 4.98 Å². The van der Waals surface area contributed by atoms with Gasteiger partial charge in [-0.15, -0.1) is 0 Å². The fraction of sp³-hybridized carbons (Fsp3) is 0.200. The van der Waals surface area contributed by atoms with Crippen LogP contribution in [0.2, 0.25) is 0 Å². The number of hydrogen-bond donors (Lipinski definition) is 0. The number of esters is 1. The predicted molar refractivity (Wildman–Crippen MR) is 74.1 cm³/mol. The molecule has 0 saturated carbocycles. The zero-order chi connectivity index (χ0) is 13.7. The minimum absolute atomic E-state index is 0.322. The van der Waals surface area contributed by atoms with Crippen LogP contribution in [0.5, 0.6) is 0 Å². The van der Waals surface area contributed by atoms with Crippen LogP contribution >= 0.6 is 0 Å². The van der Waals surface area contributed by atoms with Crippen LogP contribution in [0.3, 0.4) is 0 Å². The van der Waals surface area contributed by atoms with Gasteiger partial charge in [0.1, 0.15) is 0 Å². The molecule has 4 heteroatoms. The second-order valence-corrected chi connectivity index (χ2v) is 4.22. The van der Waals surface area contributed by atoms with Crippen LogP contribution < -0.4 is 4.90 Å². The molecule has 0 atom stereocenters. The third kappa shape index (κ3) is 3.10. The lowest BCUT2D eigenvalue weighted by Crippen LogP contribution is -2.19. The summed E-state index contributed by atoms with van der Waals surface area (Å²) in [4.78, 5) is 17.7. The Morgan fingerprint density at radius 2 is 1.89 bits per heavy atom. The second-order valence-electron chi connectivity index (χ2n) is 4.22. The van der Waals surface area contributed by atoms with E-state index in [9.17, 15) is 4.79 Å². The van der Waals surface area contributed by atoms with Gasteiger partial charge >= 0.3 is 5.97 Å². The van der Waals surface area contributed by atoms with Crippen molar-refractivity contribution >= 4 is 11.7 Å². The molecule has 0 aliphatic carbocycles. The van der Waals surface area contributed by atoms with Crippen LogP contribution in [0.15, 0.2) is 48.8 Å². The molecule has 2 rings (SSSR count). The first-order valence-corrected chi connectivity index (χ1v) is 5.99. The lowest BCUT2D eigenvalue weighted by molar-refractivity contribution is 0.0601. The average molecular weight is 256 g/mol.